The van der Waals surface area contributed by atoms with Crippen molar-refractivity contribution in [2.24, 2.45) is 0 Å². The number of sulfonamides is 1. The summed E-state index contributed by atoms with van der Waals surface area (Å²) in [5.41, 5.74) is 4.49. The summed E-state index contributed by atoms with van der Waals surface area (Å²) in [7, 11) is -3.83. The van der Waals surface area contributed by atoms with Crippen molar-refractivity contribution in [3.8, 4) is 0 Å². The Labute approximate surface area is 198 Å². The van der Waals surface area contributed by atoms with Crippen LogP contribution in [0.4, 0.5) is 5.69 Å². The molecule has 174 valence electrons. The Bertz CT molecular complexity index is 1380. The van der Waals surface area contributed by atoms with Crippen LogP contribution in [0.3, 0.4) is 0 Å². The van der Waals surface area contributed by atoms with E-state index in [0.29, 0.717) is 29.9 Å². The van der Waals surface area contributed by atoms with Crippen molar-refractivity contribution in [1.29, 1.82) is 0 Å². The van der Waals surface area contributed by atoms with Crippen LogP contribution in [0.25, 0.3) is 0 Å². The van der Waals surface area contributed by atoms with E-state index in [2.05, 4.69) is 20.1 Å². The summed E-state index contributed by atoms with van der Waals surface area (Å²) in [5.74, 6) is -0.337. The van der Waals surface area contributed by atoms with E-state index in [1.807, 2.05) is 43.3 Å². The van der Waals surface area contributed by atoms with Gasteiger partial charge in [0.25, 0.3) is 15.9 Å². The zero-order valence-electron chi connectivity index (χ0n) is 18.9. The van der Waals surface area contributed by atoms with Gasteiger partial charge in [0.05, 0.1) is 11.4 Å². The van der Waals surface area contributed by atoms with Crippen molar-refractivity contribution >= 4 is 21.6 Å². The Kier molecular flexibility index (Phi) is 6.74. The maximum atomic E-state index is 12.8. The van der Waals surface area contributed by atoms with Gasteiger partial charge in [-0.1, -0.05) is 48.0 Å². The molecule has 1 amide bonds. The molecular weight excluding hydrogens is 450 g/mol. The van der Waals surface area contributed by atoms with Gasteiger partial charge in [0, 0.05) is 17.8 Å². The zero-order valence-corrected chi connectivity index (χ0v) is 19.7. The largest absolute Gasteiger partial charge is 0.348 e. The molecule has 1 heterocycles. The fraction of sp³-hybridized carbons (Fsp3) is 0.160. The Morgan fingerprint density at radius 3 is 2.32 bits per heavy atom. The topological polar surface area (TPSA) is 106 Å². The molecule has 0 unspecified atom stereocenters. The van der Waals surface area contributed by atoms with Gasteiger partial charge in [-0.3, -0.25) is 9.52 Å². The number of nitrogens with zero attached hydrogens (tertiary/aromatic N) is 3. The second kappa shape index (κ2) is 9.88. The van der Waals surface area contributed by atoms with Gasteiger partial charge in [-0.05, 0) is 54.8 Å². The normalized spacial score (nSPS) is 11.2. The van der Waals surface area contributed by atoms with E-state index >= 15 is 0 Å². The van der Waals surface area contributed by atoms with E-state index < -0.39 is 10.0 Å². The van der Waals surface area contributed by atoms with Crippen LogP contribution in [0.2, 0.25) is 0 Å². The number of hydrogen-bond acceptors (Lipinski definition) is 5. The minimum atomic E-state index is -3.83. The average molecular weight is 476 g/mol. The average Bonchev–Trinajstić information content (AvgIpc) is 3.33. The second-order valence-electron chi connectivity index (χ2n) is 8.04. The highest BCUT2D eigenvalue weighted by Crippen LogP contribution is 2.20. The summed E-state index contributed by atoms with van der Waals surface area (Å²) >= 11 is 0. The molecule has 3 aromatic carbocycles. The lowest BCUT2D eigenvalue weighted by molar-refractivity contribution is 0.0950. The number of carbonyl (C=O) groups excluding carboxylic acids is 1. The molecule has 0 aliphatic carbocycles. The van der Waals surface area contributed by atoms with Crippen molar-refractivity contribution in [3.05, 3.63) is 107 Å². The van der Waals surface area contributed by atoms with Gasteiger partial charge < -0.3 is 5.32 Å². The first-order valence-corrected chi connectivity index (χ1v) is 12.2. The summed E-state index contributed by atoms with van der Waals surface area (Å²) in [6.45, 7) is 4.64. The van der Waals surface area contributed by atoms with Crippen LogP contribution in [0.15, 0.2) is 84.3 Å². The summed E-state index contributed by atoms with van der Waals surface area (Å²) in [5, 5.41) is 6.96. The fourth-order valence-electron chi connectivity index (χ4n) is 3.39. The third-order valence-corrected chi connectivity index (χ3v) is 6.73. The van der Waals surface area contributed by atoms with E-state index in [0.717, 1.165) is 16.7 Å². The first kappa shape index (κ1) is 23.2. The van der Waals surface area contributed by atoms with Crippen LogP contribution in [-0.4, -0.2) is 29.1 Å². The lowest BCUT2D eigenvalue weighted by Crippen LogP contribution is -2.24. The van der Waals surface area contributed by atoms with Gasteiger partial charge in [-0.25, -0.2) is 18.1 Å². The number of benzene rings is 3. The van der Waals surface area contributed by atoms with Crippen LogP contribution in [0, 0.1) is 13.8 Å². The lowest BCUT2D eigenvalue weighted by Gasteiger charge is -2.12. The number of aromatic nitrogens is 3. The van der Waals surface area contributed by atoms with Gasteiger partial charge in [0.1, 0.15) is 12.7 Å². The van der Waals surface area contributed by atoms with Gasteiger partial charge in [-0.15, -0.1) is 0 Å². The predicted molar refractivity (Wildman–Crippen MR) is 130 cm³/mol. The van der Waals surface area contributed by atoms with E-state index in [1.165, 1.54) is 18.5 Å². The number of aryl methyl sites for hydroxylation is 2. The summed E-state index contributed by atoms with van der Waals surface area (Å²) in [6, 6.07) is 19.4. The van der Waals surface area contributed by atoms with Gasteiger partial charge in [-0.2, -0.15) is 5.10 Å². The van der Waals surface area contributed by atoms with Crippen LogP contribution in [0.1, 0.15) is 32.6 Å². The summed E-state index contributed by atoms with van der Waals surface area (Å²) < 4.78 is 30.0. The molecule has 9 heteroatoms. The molecule has 4 aromatic rings. The number of rotatable bonds is 8. The quantitative estimate of drug-likeness (QED) is 0.404. The summed E-state index contributed by atoms with van der Waals surface area (Å²) in [4.78, 5) is 16.8. The number of nitrogens with one attached hydrogen (secondary N) is 2. The van der Waals surface area contributed by atoms with Crippen molar-refractivity contribution in [1.82, 2.24) is 20.1 Å². The molecule has 0 saturated carbocycles. The van der Waals surface area contributed by atoms with Crippen molar-refractivity contribution in [2.45, 2.75) is 31.8 Å². The molecule has 2 N–H and O–H groups in total. The Morgan fingerprint density at radius 1 is 0.941 bits per heavy atom. The predicted octanol–water partition coefficient (Wildman–Crippen LogP) is 3.67. The molecule has 0 aliphatic heterocycles. The number of hydrogen-bond donors (Lipinski definition) is 2. The van der Waals surface area contributed by atoms with E-state index in [4.69, 9.17) is 0 Å². The lowest BCUT2D eigenvalue weighted by atomic mass is 10.1. The zero-order chi connectivity index (χ0) is 24.1. The fourth-order valence-corrected chi connectivity index (χ4v) is 4.47. The number of carbonyl (C=O) groups is 1. The van der Waals surface area contributed by atoms with Crippen LogP contribution in [0.5, 0.6) is 0 Å². The van der Waals surface area contributed by atoms with Crippen molar-refractivity contribution in [3.63, 3.8) is 0 Å². The molecular formula is C25H25N5O3S. The summed E-state index contributed by atoms with van der Waals surface area (Å²) in [6.07, 6.45) is 3.14. The molecule has 0 spiro atoms. The highest BCUT2D eigenvalue weighted by Gasteiger charge is 2.18. The number of amides is 1. The highest BCUT2D eigenvalue weighted by atomic mass is 32.2. The standard InChI is InChI=1S/C25H25N5O3S/c1-18-3-10-22(11-4-18)29-34(32,33)23-12-5-19(2)24(13-23)25(31)27-14-20-6-8-21(9-7-20)15-30-17-26-16-28-30/h3-13,16-17,29H,14-15H2,1-2H3,(H,27,31). The van der Waals surface area contributed by atoms with Crippen LogP contribution >= 0.6 is 0 Å². The second-order valence-corrected chi connectivity index (χ2v) is 9.72. The molecule has 0 saturated heterocycles. The third kappa shape index (κ3) is 5.68. The first-order chi connectivity index (χ1) is 16.3. The minimum absolute atomic E-state index is 0.0290. The molecule has 0 radical (unpaired) electrons. The minimum Gasteiger partial charge on any atom is -0.348 e. The Hall–Kier alpha value is -3.98. The Balaban J connectivity index is 1.42. The SMILES string of the molecule is Cc1ccc(NS(=O)(=O)c2ccc(C)c(C(=O)NCc3ccc(Cn4cncn4)cc3)c2)cc1. The van der Waals surface area contributed by atoms with Crippen LogP contribution in [-0.2, 0) is 23.1 Å². The van der Waals surface area contributed by atoms with Gasteiger partial charge in [0.2, 0.25) is 0 Å². The van der Waals surface area contributed by atoms with Gasteiger partial charge in [0.15, 0.2) is 0 Å². The van der Waals surface area contributed by atoms with E-state index in [9.17, 15) is 13.2 Å². The maximum absolute atomic E-state index is 12.8. The molecule has 34 heavy (non-hydrogen) atoms. The molecule has 0 fully saturated rings. The van der Waals surface area contributed by atoms with Crippen LogP contribution < -0.4 is 10.0 Å². The molecule has 0 bridgehead atoms. The highest BCUT2D eigenvalue weighted by molar-refractivity contribution is 7.92. The van der Waals surface area contributed by atoms with Gasteiger partial charge >= 0.3 is 0 Å². The molecule has 4 rings (SSSR count). The molecule has 8 nitrogen and oxygen atoms in total. The third-order valence-electron chi connectivity index (χ3n) is 5.35. The Morgan fingerprint density at radius 2 is 1.65 bits per heavy atom. The monoisotopic (exact) mass is 475 g/mol. The van der Waals surface area contributed by atoms with E-state index in [-0.39, 0.29) is 10.8 Å². The van der Waals surface area contributed by atoms with Crippen molar-refractivity contribution < 1.29 is 13.2 Å². The first-order valence-electron chi connectivity index (χ1n) is 10.7. The van der Waals surface area contributed by atoms with E-state index in [1.54, 1.807) is 36.1 Å². The molecule has 0 aliphatic rings. The molecule has 1 aromatic heterocycles. The maximum Gasteiger partial charge on any atom is 0.261 e. The smallest absolute Gasteiger partial charge is 0.261 e. The van der Waals surface area contributed by atoms with Crippen molar-refractivity contribution in [2.75, 3.05) is 4.72 Å². The number of anilines is 1. The molecule has 0 atom stereocenters.